The number of benzene rings is 1. The maximum Gasteiger partial charge on any atom is 0.269 e. The van der Waals surface area contributed by atoms with Gasteiger partial charge in [-0.15, -0.1) is 0 Å². The summed E-state index contributed by atoms with van der Waals surface area (Å²) in [6.45, 7) is 2.92. The number of thioether (sulfide) groups is 1. The molecule has 0 saturated heterocycles. The maximum atomic E-state index is 10.9. The molecule has 0 saturated carbocycles. The van der Waals surface area contributed by atoms with Gasteiger partial charge in [0.2, 0.25) is 0 Å². The van der Waals surface area contributed by atoms with Gasteiger partial charge in [0.1, 0.15) is 0 Å². The van der Waals surface area contributed by atoms with Crippen LogP contribution in [0.2, 0.25) is 0 Å². The van der Waals surface area contributed by atoms with E-state index < -0.39 is 0 Å². The Bertz CT molecular complexity index is 572. The van der Waals surface area contributed by atoms with Crippen LogP contribution in [0.4, 0.5) is 11.4 Å². The predicted molar refractivity (Wildman–Crippen MR) is 80.0 cm³/mol. The lowest BCUT2D eigenvalue weighted by atomic mass is 10.1. The van der Waals surface area contributed by atoms with E-state index in [2.05, 4.69) is 22.2 Å². The molecule has 0 spiro atoms. The van der Waals surface area contributed by atoms with Gasteiger partial charge in [-0.3, -0.25) is 10.1 Å². The van der Waals surface area contributed by atoms with Crippen molar-refractivity contribution in [3.63, 3.8) is 0 Å². The van der Waals surface area contributed by atoms with Crippen molar-refractivity contribution in [1.82, 2.24) is 9.97 Å². The SMILES string of the molecule is CCCNc1ccc([N+](=O)[O-])cc1CSc1ncc[nH]1. The van der Waals surface area contributed by atoms with E-state index in [1.54, 1.807) is 24.5 Å². The highest BCUT2D eigenvalue weighted by atomic mass is 32.2. The molecule has 2 aromatic rings. The molecule has 0 amide bonds. The Morgan fingerprint density at radius 1 is 1.50 bits per heavy atom. The number of non-ortho nitro benzene ring substituents is 1. The third kappa shape index (κ3) is 3.74. The summed E-state index contributed by atoms with van der Waals surface area (Å²) in [7, 11) is 0. The Morgan fingerprint density at radius 2 is 2.35 bits per heavy atom. The number of aromatic nitrogens is 2. The molecule has 0 unspecified atom stereocenters. The standard InChI is InChI=1S/C13H16N4O2S/c1-2-5-14-12-4-3-11(17(18)19)8-10(12)9-20-13-15-6-7-16-13/h3-4,6-8,14H,2,5,9H2,1H3,(H,15,16). The highest BCUT2D eigenvalue weighted by Crippen LogP contribution is 2.28. The first-order valence-corrected chi connectivity index (χ1v) is 7.32. The van der Waals surface area contributed by atoms with Crippen molar-refractivity contribution >= 4 is 23.1 Å². The second-order valence-corrected chi connectivity index (χ2v) is 5.17. The third-order valence-electron chi connectivity index (χ3n) is 2.70. The largest absolute Gasteiger partial charge is 0.385 e. The second kappa shape index (κ2) is 6.95. The van der Waals surface area contributed by atoms with Crippen LogP contribution in [-0.4, -0.2) is 21.4 Å². The summed E-state index contributed by atoms with van der Waals surface area (Å²) in [5.41, 5.74) is 1.97. The maximum absolute atomic E-state index is 10.9. The summed E-state index contributed by atoms with van der Waals surface area (Å²) in [6, 6.07) is 4.92. The first-order chi connectivity index (χ1) is 9.70. The van der Waals surface area contributed by atoms with E-state index in [0.717, 1.165) is 29.4 Å². The molecule has 0 atom stereocenters. The molecule has 0 fully saturated rings. The lowest BCUT2D eigenvalue weighted by molar-refractivity contribution is -0.384. The average Bonchev–Trinajstić information content (AvgIpc) is 2.96. The number of imidazole rings is 1. The first kappa shape index (κ1) is 14.4. The van der Waals surface area contributed by atoms with Crippen molar-refractivity contribution in [2.45, 2.75) is 24.3 Å². The molecule has 2 rings (SSSR count). The first-order valence-electron chi connectivity index (χ1n) is 6.34. The fourth-order valence-corrected chi connectivity index (χ4v) is 2.54. The van der Waals surface area contributed by atoms with Crippen molar-refractivity contribution in [3.05, 3.63) is 46.3 Å². The zero-order valence-corrected chi connectivity index (χ0v) is 11.9. The monoisotopic (exact) mass is 292 g/mol. The Kier molecular flexibility index (Phi) is 5.00. The topological polar surface area (TPSA) is 83.8 Å². The lowest BCUT2D eigenvalue weighted by Gasteiger charge is -2.10. The normalized spacial score (nSPS) is 10.4. The van der Waals surface area contributed by atoms with Gasteiger partial charge in [-0.1, -0.05) is 18.7 Å². The van der Waals surface area contributed by atoms with Crippen LogP contribution in [-0.2, 0) is 5.75 Å². The van der Waals surface area contributed by atoms with Gasteiger partial charge in [0, 0.05) is 42.5 Å². The number of nitro benzene ring substituents is 1. The fourth-order valence-electron chi connectivity index (χ4n) is 1.72. The van der Waals surface area contributed by atoms with Gasteiger partial charge in [0.25, 0.3) is 5.69 Å². The summed E-state index contributed by atoms with van der Waals surface area (Å²) in [6.07, 6.45) is 4.44. The predicted octanol–water partition coefficient (Wildman–Crippen LogP) is 3.43. The molecule has 0 bridgehead atoms. The number of aromatic amines is 1. The van der Waals surface area contributed by atoms with Gasteiger partial charge in [-0.25, -0.2) is 4.98 Å². The lowest BCUT2D eigenvalue weighted by Crippen LogP contribution is -2.03. The van der Waals surface area contributed by atoms with Gasteiger partial charge >= 0.3 is 0 Å². The van der Waals surface area contributed by atoms with E-state index in [4.69, 9.17) is 0 Å². The van der Waals surface area contributed by atoms with Crippen LogP contribution in [0.5, 0.6) is 0 Å². The number of nitrogens with zero attached hydrogens (tertiary/aromatic N) is 2. The Morgan fingerprint density at radius 3 is 3.00 bits per heavy atom. The summed E-state index contributed by atoms with van der Waals surface area (Å²) < 4.78 is 0. The molecule has 0 aliphatic carbocycles. The van der Waals surface area contributed by atoms with Crippen molar-refractivity contribution in [2.24, 2.45) is 0 Å². The number of H-pyrrole nitrogens is 1. The van der Waals surface area contributed by atoms with Crippen molar-refractivity contribution < 1.29 is 4.92 Å². The minimum Gasteiger partial charge on any atom is -0.385 e. The highest BCUT2D eigenvalue weighted by Gasteiger charge is 2.11. The zero-order valence-electron chi connectivity index (χ0n) is 11.1. The van der Waals surface area contributed by atoms with E-state index in [9.17, 15) is 10.1 Å². The fraction of sp³-hybridized carbons (Fsp3) is 0.308. The molecule has 0 aliphatic heterocycles. The minimum atomic E-state index is -0.370. The summed E-state index contributed by atoms with van der Waals surface area (Å²) in [5.74, 6) is 0.626. The van der Waals surface area contributed by atoms with Crippen LogP contribution in [0.1, 0.15) is 18.9 Å². The molecule has 106 valence electrons. The van der Waals surface area contributed by atoms with Crippen LogP contribution >= 0.6 is 11.8 Å². The molecule has 1 aromatic carbocycles. The smallest absolute Gasteiger partial charge is 0.269 e. The number of hydrogen-bond acceptors (Lipinski definition) is 5. The van der Waals surface area contributed by atoms with Crippen molar-refractivity contribution in [1.29, 1.82) is 0 Å². The zero-order chi connectivity index (χ0) is 14.4. The summed E-state index contributed by atoms with van der Waals surface area (Å²) in [4.78, 5) is 17.6. The Hall–Kier alpha value is -2.02. The molecule has 0 radical (unpaired) electrons. The van der Waals surface area contributed by atoms with Crippen LogP contribution in [0.25, 0.3) is 0 Å². The van der Waals surface area contributed by atoms with Gasteiger partial charge in [0.15, 0.2) is 5.16 Å². The van der Waals surface area contributed by atoms with Crippen LogP contribution in [0.15, 0.2) is 35.7 Å². The Labute approximate surface area is 121 Å². The van der Waals surface area contributed by atoms with Gasteiger partial charge < -0.3 is 10.3 Å². The molecule has 1 aromatic heterocycles. The van der Waals surface area contributed by atoms with Crippen molar-refractivity contribution in [2.75, 3.05) is 11.9 Å². The van der Waals surface area contributed by atoms with E-state index >= 15 is 0 Å². The van der Waals surface area contributed by atoms with E-state index in [-0.39, 0.29) is 10.6 Å². The van der Waals surface area contributed by atoms with E-state index in [1.165, 1.54) is 17.8 Å². The number of nitro groups is 1. The molecule has 6 nitrogen and oxygen atoms in total. The van der Waals surface area contributed by atoms with Gasteiger partial charge in [0.05, 0.1) is 4.92 Å². The number of hydrogen-bond donors (Lipinski definition) is 2. The van der Waals surface area contributed by atoms with Crippen LogP contribution < -0.4 is 5.32 Å². The number of rotatable bonds is 7. The quantitative estimate of drug-likeness (QED) is 0.464. The summed E-state index contributed by atoms with van der Waals surface area (Å²) in [5, 5.41) is 15.0. The van der Waals surface area contributed by atoms with Gasteiger partial charge in [-0.05, 0) is 18.1 Å². The Balaban J connectivity index is 2.16. The minimum absolute atomic E-state index is 0.113. The number of nitrogens with one attached hydrogen (secondary N) is 2. The number of anilines is 1. The molecule has 0 aliphatic rings. The van der Waals surface area contributed by atoms with Crippen molar-refractivity contribution in [3.8, 4) is 0 Å². The van der Waals surface area contributed by atoms with Crippen LogP contribution in [0.3, 0.4) is 0 Å². The molecule has 1 heterocycles. The molecular formula is C13H16N4O2S. The van der Waals surface area contributed by atoms with E-state index in [1.807, 2.05) is 0 Å². The molecule has 2 N–H and O–H groups in total. The third-order valence-corrected chi connectivity index (χ3v) is 3.65. The highest BCUT2D eigenvalue weighted by molar-refractivity contribution is 7.98. The molecular weight excluding hydrogens is 276 g/mol. The second-order valence-electron chi connectivity index (χ2n) is 4.21. The molecule has 20 heavy (non-hydrogen) atoms. The van der Waals surface area contributed by atoms with Crippen LogP contribution in [0, 0.1) is 10.1 Å². The van der Waals surface area contributed by atoms with E-state index in [0.29, 0.717) is 5.75 Å². The average molecular weight is 292 g/mol. The summed E-state index contributed by atoms with van der Waals surface area (Å²) >= 11 is 1.52. The molecule has 7 heteroatoms. The van der Waals surface area contributed by atoms with Gasteiger partial charge in [-0.2, -0.15) is 0 Å².